The minimum absolute atomic E-state index is 0.113. The summed E-state index contributed by atoms with van der Waals surface area (Å²) in [6.45, 7) is 9.71. The number of hydrogen-bond acceptors (Lipinski definition) is 5. The number of likely N-dealkylation sites (tertiary alicyclic amines) is 1. The third-order valence-electron chi connectivity index (χ3n) is 7.14. The van der Waals surface area contributed by atoms with Gasteiger partial charge in [0.15, 0.2) is 0 Å². The van der Waals surface area contributed by atoms with E-state index in [0.717, 1.165) is 11.6 Å². The molecule has 2 aromatic rings. The van der Waals surface area contributed by atoms with E-state index in [2.05, 4.69) is 0 Å². The molecule has 0 aromatic heterocycles. The van der Waals surface area contributed by atoms with E-state index in [-0.39, 0.29) is 49.2 Å². The molecular weight excluding hydrogens is 521 g/mol. The highest BCUT2D eigenvalue weighted by Crippen LogP contribution is 2.37. The number of carbonyl (C=O) groups is 2. The first-order chi connectivity index (χ1) is 18.9. The molecule has 1 fully saturated rings. The van der Waals surface area contributed by atoms with E-state index in [9.17, 15) is 27.9 Å². The highest BCUT2D eigenvalue weighted by Gasteiger charge is 2.38. The number of ether oxygens (including phenoxy) is 1. The summed E-state index contributed by atoms with van der Waals surface area (Å²) in [5.74, 6) is -0.734. The Morgan fingerprint density at radius 1 is 1.12 bits per heavy atom. The highest BCUT2D eigenvalue weighted by atomic mass is 19.4. The van der Waals surface area contributed by atoms with Crippen LogP contribution in [0.1, 0.15) is 66.6 Å². The van der Waals surface area contributed by atoms with Crippen molar-refractivity contribution < 1.29 is 32.6 Å². The number of aryl methyl sites for hydroxylation is 1. The molecule has 6 nitrogen and oxygen atoms in total. The van der Waals surface area contributed by atoms with Gasteiger partial charge in [-0.25, -0.2) is 0 Å². The number of nitrogens with zero attached hydrogens (tertiary/aromatic N) is 2. The number of rotatable bonds is 12. The lowest BCUT2D eigenvalue weighted by molar-refractivity contribution is -0.147. The Bertz CT molecular complexity index is 1120. The van der Waals surface area contributed by atoms with E-state index in [1.807, 2.05) is 44.7 Å². The van der Waals surface area contributed by atoms with Crippen LogP contribution in [0.4, 0.5) is 13.2 Å². The summed E-state index contributed by atoms with van der Waals surface area (Å²) in [5.41, 5.74) is 1.46. The third kappa shape index (κ3) is 9.06. The number of esters is 1. The monoisotopic (exact) mass is 562 g/mol. The van der Waals surface area contributed by atoms with E-state index in [1.54, 1.807) is 23.1 Å². The summed E-state index contributed by atoms with van der Waals surface area (Å²) in [7, 11) is 0. The van der Waals surface area contributed by atoms with Gasteiger partial charge in [0.25, 0.3) is 5.91 Å². The largest absolute Gasteiger partial charge is 0.463 e. The smallest absolute Gasteiger partial charge is 0.416 e. The minimum Gasteiger partial charge on any atom is -0.463 e. The zero-order valence-corrected chi connectivity index (χ0v) is 23.8. The number of amides is 1. The van der Waals surface area contributed by atoms with E-state index < -0.39 is 17.8 Å². The summed E-state index contributed by atoms with van der Waals surface area (Å²) in [6, 6.07) is 12.7. The van der Waals surface area contributed by atoms with Gasteiger partial charge in [0.05, 0.1) is 5.56 Å². The van der Waals surface area contributed by atoms with Crippen molar-refractivity contribution in [2.75, 3.05) is 39.3 Å². The fraction of sp³-hybridized carbons (Fsp3) is 0.548. The van der Waals surface area contributed by atoms with Crippen molar-refractivity contribution in [1.82, 2.24) is 9.80 Å². The molecule has 0 spiro atoms. The van der Waals surface area contributed by atoms with Crippen molar-refractivity contribution in [1.29, 1.82) is 0 Å². The molecule has 2 aromatic carbocycles. The first-order valence-electron chi connectivity index (χ1n) is 14.0. The SMILES string of the molecule is CCCC(=O)OCC(O)CN1CC(CN(CC(C)C)C(=O)c2ccc(C)cc2)C(c2cccc(C(F)(F)F)c2)C1. The summed E-state index contributed by atoms with van der Waals surface area (Å²) in [5, 5.41) is 10.5. The Morgan fingerprint density at radius 3 is 2.45 bits per heavy atom. The van der Waals surface area contributed by atoms with Gasteiger partial charge in [-0.15, -0.1) is 0 Å². The molecule has 1 saturated heterocycles. The number of halogens is 3. The van der Waals surface area contributed by atoms with E-state index >= 15 is 0 Å². The molecule has 0 radical (unpaired) electrons. The average molecular weight is 563 g/mol. The summed E-state index contributed by atoms with van der Waals surface area (Å²) < 4.78 is 45.8. The van der Waals surface area contributed by atoms with Crippen LogP contribution in [-0.2, 0) is 15.7 Å². The number of β-amino-alcohol motifs (C(OH)–C–C–N with tert-alkyl or cyclic N) is 1. The van der Waals surface area contributed by atoms with Gasteiger partial charge in [-0.2, -0.15) is 13.2 Å². The molecule has 9 heteroatoms. The van der Waals surface area contributed by atoms with Crippen LogP contribution in [0.3, 0.4) is 0 Å². The average Bonchev–Trinajstić information content (AvgIpc) is 3.28. The molecular formula is C31H41F3N2O4. The van der Waals surface area contributed by atoms with Crippen LogP contribution in [0, 0.1) is 18.8 Å². The fourth-order valence-electron chi connectivity index (χ4n) is 5.28. The lowest BCUT2D eigenvalue weighted by atomic mass is 9.87. The van der Waals surface area contributed by atoms with Crippen LogP contribution in [-0.4, -0.2) is 72.2 Å². The fourth-order valence-corrected chi connectivity index (χ4v) is 5.28. The molecule has 1 amide bonds. The second kappa shape index (κ2) is 14.1. The van der Waals surface area contributed by atoms with Crippen molar-refractivity contribution in [2.24, 2.45) is 11.8 Å². The number of aliphatic hydroxyl groups excluding tert-OH is 1. The van der Waals surface area contributed by atoms with Gasteiger partial charge in [0.2, 0.25) is 0 Å². The van der Waals surface area contributed by atoms with Crippen LogP contribution in [0.15, 0.2) is 48.5 Å². The maximum Gasteiger partial charge on any atom is 0.416 e. The molecule has 0 bridgehead atoms. The number of hydrogen-bond donors (Lipinski definition) is 1. The molecule has 1 aliphatic heterocycles. The minimum atomic E-state index is -4.46. The first-order valence-corrected chi connectivity index (χ1v) is 14.0. The van der Waals surface area contributed by atoms with Crippen LogP contribution < -0.4 is 0 Å². The molecule has 0 saturated carbocycles. The Balaban J connectivity index is 1.84. The lowest BCUT2D eigenvalue weighted by Gasteiger charge is -2.30. The predicted molar refractivity (Wildman–Crippen MR) is 148 cm³/mol. The predicted octanol–water partition coefficient (Wildman–Crippen LogP) is 5.53. The van der Waals surface area contributed by atoms with Gasteiger partial charge < -0.3 is 14.7 Å². The lowest BCUT2D eigenvalue weighted by Crippen LogP contribution is -2.40. The highest BCUT2D eigenvalue weighted by molar-refractivity contribution is 5.94. The Labute approximate surface area is 235 Å². The van der Waals surface area contributed by atoms with Crippen molar-refractivity contribution in [3.63, 3.8) is 0 Å². The Morgan fingerprint density at radius 2 is 1.82 bits per heavy atom. The molecule has 1 aliphatic rings. The maximum absolute atomic E-state index is 13.5. The quantitative estimate of drug-likeness (QED) is 0.345. The second-order valence-corrected chi connectivity index (χ2v) is 11.3. The third-order valence-corrected chi connectivity index (χ3v) is 7.14. The Hall–Kier alpha value is -2.91. The maximum atomic E-state index is 13.5. The van der Waals surface area contributed by atoms with Crippen LogP contribution in [0.25, 0.3) is 0 Å². The normalized spacial score (nSPS) is 18.6. The first kappa shape index (κ1) is 31.6. The topological polar surface area (TPSA) is 70.1 Å². The standard InChI is InChI=1S/C31H41F3N2O4/c1-5-7-29(38)40-20-27(37)18-35-16-25(28(19-35)24-8-6-9-26(14-24)31(32,33)34)17-36(15-21(2)3)30(39)23-12-10-22(4)11-13-23/h6,8-14,21,25,27-28,37H,5,7,15-20H2,1-4H3. The summed E-state index contributed by atoms with van der Waals surface area (Å²) in [4.78, 5) is 29.0. The molecule has 3 unspecified atom stereocenters. The number of benzene rings is 2. The van der Waals surface area contributed by atoms with Crippen molar-refractivity contribution in [3.05, 3.63) is 70.8 Å². The van der Waals surface area contributed by atoms with Gasteiger partial charge in [0, 0.05) is 50.6 Å². The second-order valence-electron chi connectivity index (χ2n) is 11.3. The van der Waals surface area contributed by atoms with Gasteiger partial charge in [-0.1, -0.05) is 56.7 Å². The molecule has 220 valence electrons. The van der Waals surface area contributed by atoms with Crippen molar-refractivity contribution in [3.8, 4) is 0 Å². The summed E-state index contributed by atoms with van der Waals surface area (Å²) >= 11 is 0. The van der Waals surface area contributed by atoms with Crippen molar-refractivity contribution in [2.45, 2.75) is 58.7 Å². The zero-order valence-electron chi connectivity index (χ0n) is 23.8. The molecule has 0 aliphatic carbocycles. The van der Waals surface area contributed by atoms with E-state index in [0.29, 0.717) is 43.7 Å². The molecule has 3 atom stereocenters. The summed E-state index contributed by atoms with van der Waals surface area (Å²) in [6.07, 6.45) is -4.47. The van der Waals surface area contributed by atoms with Gasteiger partial charge in [-0.3, -0.25) is 14.5 Å². The molecule has 3 rings (SSSR count). The van der Waals surface area contributed by atoms with Crippen molar-refractivity contribution >= 4 is 11.9 Å². The number of alkyl halides is 3. The molecule has 1 N–H and O–H groups in total. The Kier molecular flexibility index (Phi) is 11.2. The van der Waals surface area contributed by atoms with Gasteiger partial charge >= 0.3 is 12.1 Å². The molecule has 40 heavy (non-hydrogen) atoms. The number of carbonyl (C=O) groups excluding carboxylic acids is 2. The van der Waals surface area contributed by atoms with E-state index in [4.69, 9.17) is 4.74 Å². The van der Waals surface area contributed by atoms with Gasteiger partial charge in [-0.05, 0) is 48.9 Å². The number of aliphatic hydroxyl groups is 1. The van der Waals surface area contributed by atoms with Gasteiger partial charge in [0.1, 0.15) is 12.7 Å². The van der Waals surface area contributed by atoms with Crippen LogP contribution in [0.2, 0.25) is 0 Å². The van der Waals surface area contributed by atoms with Crippen LogP contribution in [0.5, 0.6) is 0 Å². The van der Waals surface area contributed by atoms with Crippen LogP contribution >= 0.6 is 0 Å². The molecule has 1 heterocycles. The zero-order chi connectivity index (χ0) is 29.4. The van der Waals surface area contributed by atoms with E-state index in [1.165, 1.54) is 12.1 Å².